The van der Waals surface area contributed by atoms with Gasteiger partial charge in [-0.2, -0.15) is 0 Å². The second-order valence-corrected chi connectivity index (χ2v) is 7.22. The molecule has 0 atom stereocenters. The summed E-state index contributed by atoms with van der Waals surface area (Å²) in [4.78, 5) is 27.7. The van der Waals surface area contributed by atoms with Crippen molar-refractivity contribution in [2.45, 2.75) is 33.1 Å². The van der Waals surface area contributed by atoms with Gasteiger partial charge >= 0.3 is 0 Å². The van der Waals surface area contributed by atoms with E-state index in [1.54, 1.807) is 22.8 Å². The Kier molecular flexibility index (Phi) is 4.03. The van der Waals surface area contributed by atoms with E-state index in [9.17, 15) is 9.59 Å². The normalized spacial score (nSPS) is 15.8. The SMILES string of the molecule is CC(=O)N1CCN(C(=O)c2ccc3nnc(C(C)(C)C)n3c2)CC1. The molecule has 3 heterocycles. The summed E-state index contributed by atoms with van der Waals surface area (Å²) < 4.78 is 1.89. The molecule has 7 nitrogen and oxygen atoms in total. The fourth-order valence-electron chi connectivity index (χ4n) is 2.94. The minimum atomic E-state index is -0.159. The van der Waals surface area contributed by atoms with Crippen LogP contribution in [0.4, 0.5) is 0 Å². The lowest BCUT2D eigenvalue weighted by Crippen LogP contribution is -2.50. The van der Waals surface area contributed by atoms with E-state index in [4.69, 9.17) is 0 Å². The number of hydrogen-bond acceptors (Lipinski definition) is 4. The molecule has 7 heteroatoms. The van der Waals surface area contributed by atoms with E-state index in [2.05, 4.69) is 31.0 Å². The zero-order valence-electron chi connectivity index (χ0n) is 14.6. The Bertz CT molecular complexity index is 782. The van der Waals surface area contributed by atoms with Gasteiger partial charge in [0, 0.05) is 44.7 Å². The maximum absolute atomic E-state index is 12.8. The Morgan fingerprint density at radius 1 is 1.00 bits per heavy atom. The van der Waals surface area contributed by atoms with Crippen molar-refractivity contribution in [2.75, 3.05) is 26.2 Å². The summed E-state index contributed by atoms with van der Waals surface area (Å²) in [5.74, 6) is 0.866. The third-order valence-electron chi connectivity index (χ3n) is 4.33. The number of aromatic nitrogens is 3. The molecule has 3 rings (SSSR count). The molecule has 0 spiro atoms. The van der Waals surface area contributed by atoms with Crippen molar-refractivity contribution in [1.82, 2.24) is 24.4 Å². The lowest BCUT2D eigenvalue weighted by atomic mass is 9.96. The smallest absolute Gasteiger partial charge is 0.255 e. The van der Waals surface area contributed by atoms with Crippen molar-refractivity contribution < 1.29 is 9.59 Å². The topological polar surface area (TPSA) is 70.8 Å². The van der Waals surface area contributed by atoms with Gasteiger partial charge in [0.2, 0.25) is 5.91 Å². The van der Waals surface area contributed by atoms with Gasteiger partial charge in [0.05, 0.1) is 5.56 Å². The summed E-state index contributed by atoms with van der Waals surface area (Å²) in [6.45, 7) is 10.1. The first-order valence-electron chi connectivity index (χ1n) is 8.17. The van der Waals surface area contributed by atoms with Crippen LogP contribution in [0.1, 0.15) is 43.9 Å². The van der Waals surface area contributed by atoms with Crippen LogP contribution in [0.2, 0.25) is 0 Å². The molecule has 1 aliphatic heterocycles. The molecule has 0 bridgehead atoms. The summed E-state index contributed by atoms with van der Waals surface area (Å²) in [6.07, 6.45) is 1.82. The van der Waals surface area contributed by atoms with Crippen molar-refractivity contribution in [3.63, 3.8) is 0 Å². The molecule has 24 heavy (non-hydrogen) atoms. The number of hydrogen-bond donors (Lipinski definition) is 0. The summed E-state index contributed by atoms with van der Waals surface area (Å²) in [5, 5.41) is 8.42. The first-order valence-corrected chi connectivity index (χ1v) is 8.17. The minimum absolute atomic E-state index is 0.0198. The number of carbonyl (C=O) groups is 2. The molecule has 1 fully saturated rings. The first-order chi connectivity index (χ1) is 11.3. The molecular formula is C17H23N5O2. The monoisotopic (exact) mass is 329 g/mol. The highest BCUT2D eigenvalue weighted by Gasteiger charge is 2.25. The number of rotatable bonds is 1. The van der Waals surface area contributed by atoms with Gasteiger partial charge in [-0.25, -0.2) is 0 Å². The van der Waals surface area contributed by atoms with Gasteiger partial charge in [0.1, 0.15) is 5.82 Å². The number of amides is 2. The summed E-state index contributed by atoms with van der Waals surface area (Å²) in [6, 6.07) is 3.61. The molecular weight excluding hydrogens is 306 g/mol. The van der Waals surface area contributed by atoms with Crippen LogP contribution in [-0.4, -0.2) is 62.4 Å². The zero-order chi connectivity index (χ0) is 17.5. The lowest BCUT2D eigenvalue weighted by molar-refractivity contribution is -0.130. The van der Waals surface area contributed by atoms with Gasteiger partial charge < -0.3 is 9.80 Å². The number of nitrogens with zero attached hydrogens (tertiary/aromatic N) is 5. The predicted molar refractivity (Wildman–Crippen MR) is 89.8 cm³/mol. The number of carbonyl (C=O) groups excluding carboxylic acids is 2. The minimum Gasteiger partial charge on any atom is -0.339 e. The van der Waals surface area contributed by atoms with E-state index in [-0.39, 0.29) is 17.2 Å². The van der Waals surface area contributed by atoms with Crippen molar-refractivity contribution in [3.05, 3.63) is 29.7 Å². The molecule has 0 aromatic carbocycles. The second-order valence-electron chi connectivity index (χ2n) is 7.22. The van der Waals surface area contributed by atoms with E-state index in [1.807, 2.05) is 16.7 Å². The Balaban J connectivity index is 1.84. The van der Waals surface area contributed by atoms with Crippen LogP contribution in [0.25, 0.3) is 5.65 Å². The van der Waals surface area contributed by atoms with E-state index in [0.717, 1.165) is 11.5 Å². The molecule has 0 radical (unpaired) electrons. The maximum Gasteiger partial charge on any atom is 0.255 e. The zero-order valence-corrected chi connectivity index (χ0v) is 14.6. The van der Waals surface area contributed by atoms with Gasteiger partial charge in [0.25, 0.3) is 5.91 Å². The summed E-state index contributed by atoms with van der Waals surface area (Å²) in [7, 11) is 0. The molecule has 1 saturated heterocycles. The van der Waals surface area contributed by atoms with Crippen molar-refractivity contribution >= 4 is 17.5 Å². The second kappa shape index (κ2) is 5.89. The molecule has 0 unspecified atom stereocenters. The fraction of sp³-hybridized carbons (Fsp3) is 0.529. The lowest BCUT2D eigenvalue weighted by Gasteiger charge is -2.34. The Hall–Kier alpha value is -2.44. The van der Waals surface area contributed by atoms with Crippen molar-refractivity contribution in [3.8, 4) is 0 Å². The van der Waals surface area contributed by atoms with Crippen LogP contribution < -0.4 is 0 Å². The standard InChI is InChI=1S/C17H23N5O2/c1-12(23)20-7-9-21(10-8-20)15(24)13-5-6-14-18-19-16(17(2,3)4)22(14)11-13/h5-6,11H,7-10H2,1-4H3. The van der Waals surface area contributed by atoms with Crippen LogP contribution in [0, 0.1) is 0 Å². The van der Waals surface area contributed by atoms with E-state index < -0.39 is 0 Å². The average molecular weight is 329 g/mol. The Labute approximate surface area is 141 Å². The van der Waals surface area contributed by atoms with Gasteiger partial charge in [-0.15, -0.1) is 10.2 Å². The third kappa shape index (κ3) is 2.98. The van der Waals surface area contributed by atoms with Crippen LogP contribution in [0.15, 0.2) is 18.3 Å². The highest BCUT2D eigenvalue weighted by atomic mass is 16.2. The Morgan fingerprint density at radius 3 is 2.21 bits per heavy atom. The number of fused-ring (bicyclic) bond motifs is 1. The van der Waals surface area contributed by atoms with Crippen LogP contribution in [0.3, 0.4) is 0 Å². The van der Waals surface area contributed by atoms with Gasteiger partial charge in [-0.05, 0) is 12.1 Å². The van der Waals surface area contributed by atoms with E-state index >= 15 is 0 Å². The van der Waals surface area contributed by atoms with E-state index in [0.29, 0.717) is 31.7 Å². The van der Waals surface area contributed by atoms with Gasteiger partial charge in [-0.1, -0.05) is 20.8 Å². The van der Waals surface area contributed by atoms with Crippen LogP contribution >= 0.6 is 0 Å². The van der Waals surface area contributed by atoms with Crippen molar-refractivity contribution in [2.24, 2.45) is 0 Å². The average Bonchev–Trinajstić information content (AvgIpc) is 2.97. The molecule has 0 N–H and O–H groups in total. The maximum atomic E-state index is 12.8. The van der Waals surface area contributed by atoms with Gasteiger partial charge in [-0.3, -0.25) is 14.0 Å². The highest BCUT2D eigenvalue weighted by molar-refractivity contribution is 5.94. The fourth-order valence-corrected chi connectivity index (χ4v) is 2.94. The summed E-state index contributed by atoms with van der Waals surface area (Å²) in [5.41, 5.74) is 1.19. The number of piperazine rings is 1. The number of pyridine rings is 1. The quantitative estimate of drug-likeness (QED) is 0.791. The molecule has 2 aromatic rings. The summed E-state index contributed by atoms with van der Waals surface area (Å²) >= 11 is 0. The molecule has 0 saturated carbocycles. The molecule has 2 amide bonds. The van der Waals surface area contributed by atoms with Gasteiger partial charge in [0.15, 0.2) is 5.65 Å². The highest BCUT2D eigenvalue weighted by Crippen LogP contribution is 2.21. The molecule has 2 aromatic heterocycles. The molecule has 128 valence electrons. The molecule has 0 aliphatic carbocycles. The van der Waals surface area contributed by atoms with Crippen molar-refractivity contribution in [1.29, 1.82) is 0 Å². The van der Waals surface area contributed by atoms with E-state index in [1.165, 1.54) is 0 Å². The van der Waals surface area contributed by atoms with Crippen LogP contribution in [-0.2, 0) is 10.2 Å². The largest absolute Gasteiger partial charge is 0.339 e. The Morgan fingerprint density at radius 2 is 1.62 bits per heavy atom. The third-order valence-corrected chi connectivity index (χ3v) is 4.33. The first kappa shape index (κ1) is 16.4. The van der Waals surface area contributed by atoms with Crippen LogP contribution in [0.5, 0.6) is 0 Å². The predicted octanol–water partition coefficient (Wildman–Crippen LogP) is 1.33. The molecule has 1 aliphatic rings.